The Balaban J connectivity index is 1.45. The Morgan fingerprint density at radius 2 is 1.00 bits per heavy atom. The number of aromatic nitrogens is 3. The van der Waals surface area contributed by atoms with Crippen LogP contribution in [-0.2, 0) is 0 Å². The van der Waals surface area contributed by atoms with Crippen LogP contribution in [0, 0.1) is 0 Å². The van der Waals surface area contributed by atoms with E-state index in [1.807, 2.05) is 41.0 Å². The molecule has 6 rings (SSSR count). The summed E-state index contributed by atoms with van der Waals surface area (Å²) in [6.07, 6.45) is 0. The number of nitrogens with zero attached hydrogens (tertiary/aromatic N) is 3. The van der Waals surface area contributed by atoms with Crippen molar-refractivity contribution >= 4 is 11.3 Å². The van der Waals surface area contributed by atoms with Gasteiger partial charge in [-0.15, -0.1) is 21.5 Å². The summed E-state index contributed by atoms with van der Waals surface area (Å²) in [5.74, 6) is 1.20. The first-order valence-electron chi connectivity index (χ1n) is 11.3. The molecule has 6 aromatic rings. The van der Waals surface area contributed by atoms with Gasteiger partial charge in [0.05, 0.1) is 4.88 Å². The number of hydrogen-bond donors (Lipinski definition) is 0. The Kier molecular flexibility index (Phi) is 5.45. The molecule has 0 aliphatic heterocycles. The van der Waals surface area contributed by atoms with Gasteiger partial charge in [0.2, 0.25) is 0 Å². The molecule has 0 aliphatic carbocycles. The van der Waals surface area contributed by atoms with E-state index in [2.05, 4.69) is 83.0 Å². The lowest BCUT2D eigenvalue weighted by molar-refractivity contribution is -0.266. The molecule has 168 valence electrons. The van der Waals surface area contributed by atoms with E-state index in [0.29, 0.717) is 16.5 Å². The zero-order chi connectivity index (χ0) is 23.6. The minimum absolute atomic E-state index is 0.0458. The molecule has 2 heterocycles. The molecule has 0 atom stereocenters. The Morgan fingerprint density at radius 3 is 1.54 bits per heavy atom. The van der Waals surface area contributed by atoms with Crippen molar-refractivity contribution in [2.75, 3.05) is 0 Å². The summed E-state index contributed by atoms with van der Waals surface area (Å²) in [4.78, 5) is 0.580. The van der Waals surface area contributed by atoms with Gasteiger partial charge in [0, 0.05) is 11.3 Å². The third-order valence-corrected chi connectivity index (χ3v) is 6.87. The maximum atomic E-state index is 12.5. The van der Waals surface area contributed by atoms with Gasteiger partial charge in [0.1, 0.15) is 0 Å². The SMILES string of the molecule is [O-]c1ccsc1-c1nnc(-c2ccc(-c3ccccc3)cc2)n1-c1ccc(-c2ccccc2)cc1. The summed E-state index contributed by atoms with van der Waals surface area (Å²) in [6.45, 7) is 0. The van der Waals surface area contributed by atoms with Gasteiger partial charge in [-0.2, -0.15) is 0 Å². The topological polar surface area (TPSA) is 53.8 Å². The summed E-state index contributed by atoms with van der Waals surface area (Å²) in [5, 5.41) is 23.3. The van der Waals surface area contributed by atoms with Crippen LogP contribution in [0.25, 0.3) is 50.0 Å². The molecule has 0 radical (unpaired) electrons. The summed E-state index contributed by atoms with van der Waals surface area (Å²) in [6, 6.07) is 38.7. The molecule has 0 aliphatic rings. The Labute approximate surface area is 207 Å². The highest BCUT2D eigenvalue weighted by atomic mass is 32.1. The van der Waals surface area contributed by atoms with Gasteiger partial charge in [-0.1, -0.05) is 109 Å². The highest BCUT2D eigenvalue weighted by molar-refractivity contribution is 7.13. The van der Waals surface area contributed by atoms with E-state index in [1.54, 1.807) is 11.4 Å². The molecule has 0 amide bonds. The number of rotatable bonds is 5. The summed E-state index contributed by atoms with van der Waals surface area (Å²) in [5.41, 5.74) is 6.40. The zero-order valence-electron chi connectivity index (χ0n) is 18.7. The molecule has 0 saturated carbocycles. The van der Waals surface area contributed by atoms with E-state index in [1.165, 1.54) is 11.3 Å². The Hall–Kier alpha value is -4.48. The summed E-state index contributed by atoms with van der Waals surface area (Å²) < 4.78 is 1.97. The van der Waals surface area contributed by atoms with E-state index >= 15 is 0 Å². The van der Waals surface area contributed by atoms with Crippen molar-refractivity contribution in [3.63, 3.8) is 0 Å². The first kappa shape index (κ1) is 21.1. The van der Waals surface area contributed by atoms with Crippen molar-refractivity contribution in [2.24, 2.45) is 0 Å². The monoisotopic (exact) mass is 470 g/mol. The standard InChI is InChI=1S/C30H21N3OS/c34-27-19-20-35-28(27)30-32-31-29(25-13-11-23(12-14-25)21-7-3-1-4-8-21)33(30)26-17-15-24(16-18-26)22-9-5-2-6-10-22/h1-20,34H/p-1. The quantitative estimate of drug-likeness (QED) is 0.271. The maximum absolute atomic E-state index is 12.5. The van der Waals surface area contributed by atoms with Crippen LogP contribution in [0.5, 0.6) is 5.75 Å². The molecular formula is C30H20N3OS-. The van der Waals surface area contributed by atoms with Crippen LogP contribution < -0.4 is 5.11 Å². The second-order valence-corrected chi connectivity index (χ2v) is 9.07. The summed E-state index contributed by atoms with van der Waals surface area (Å²) >= 11 is 1.38. The molecular weight excluding hydrogens is 450 g/mol. The molecule has 0 N–H and O–H groups in total. The van der Waals surface area contributed by atoms with Gasteiger partial charge >= 0.3 is 0 Å². The van der Waals surface area contributed by atoms with Crippen molar-refractivity contribution < 1.29 is 5.11 Å². The predicted molar refractivity (Wildman–Crippen MR) is 140 cm³/mol. The van der Waals surface area contributed by atoms with Gasteiger partial charge < -0.3 is 5.11 Å². The largest absolute Gasteiger partial charge is 0.871 e. The lowest BCUT2D eigenvalue weighted by Gasteiger charge is -2.13. The van der Waals surface area contributed by atoms with E-state index in [-0.39, 0.29) is 5.75 Å². The molecule has 0 unspecified atom stereocenters. The van der Waals surface area contributed by atoms with E-state index in [0.717, 1.165) is 33.5 Å². The Morgan fingerprint density at radius 1 is 0.514 bits per heavy atom. The van der Waals surface area contributed by atoms with E-state index in [9.17, 15) is 5.11 Å². The lowest BCUT2D eigenvalue weighted by atomic mass is 10.0. The minimum atomic E-state index is -0.0458. The first-order valence-corrected chi connectivity index (χ1v) is 12.2. The van der Waals surface area contributed by atoms with Gasteiger partial charge in [-0.3, -0.25) is 4.57 Å². The first-order chi connectivity index (χ1) is 17.3. The van der Waals surface area contributed by atoms with Gasteiger partial charge in [0.25, 0.3) is 0 Å². The molecule has 0 saturated heterocycles. The summed E-state index contributed by atoms with van der Waals surface area (Å²) in [7, 11) is 0. The zero-order valence-corrected chi connectivity index (χ0v) is 19.5. The van der Waals surface area contributed by atoms with Gasteiger partial charge in [0.15, 0.2) is 11.6 Å². The van der Waals surface area contributed by atoms with Crippen molar-refractivity contribution in [2.45, 2.75) is 0 Å². The van der Waals surface area contributed by atoms with E-state index < -0.39 is 0 Å². The fourth-order valence-electron chi connectivity index (χ4n) is 4.20. The number of benzene rings is 4. The fraction of sp³-hybridized carbons (Fsp3) is 0. The van der Waals surface area contributed by atoms with Crippen LogP contribution in [0.15, 0.2) is 121 Å². The molecule has 4 aromatic carbocycles. The highest BCUT2D eigenvalue weighted by Gasteiger charge is 2.18. The van der Waals surface area contributed by atoms with Crippen LogP contribution in [0.1, 0.15) is 0 Å². The highest BCUT2D eigenvalue weighted by Crippen LogP contribution is 2.36. The number of hydrogen-bond acceptors (Lipinski definition) is 4. The van der Waals surface area contributed by atoms with E-state index in [4.69, 9.17) is 0 Å². The third-order valence-electron chi connectivity index (χ3n) is 5.98. The minimum Gasteiger partial charge on any atom is -0.871 e. The number of thiophene rings is 1. The normalized spacial score (nSPS) is 11.0. The molecule has 5 heteroatoms. The molecule has 2 aromatic heterocycles. The second kappa shape index (κ2) is 9.05. The van der Waals surface area contributed by atoms with Crippen LogP contribution in [0.4, 0.5) is 0 Å². The van der Waals surface area contributed by atoms with Crippen molar-refractivity contribution in [1.29, 1.82) is 0 Å². The van der Waals surface area contributed by atoms with Crippen LogP contribution >= 0.6 is 11.3 Å². The molecule has 4 nitrogen and oxygen atoms in total. The molecule has 0 spiro atoms. The molecule has 35 heavy (non-hydrogen) atoms. The van der Waals surface area contributed by atoms with Crippen molar-refractivity contribution in [3.05, 3.63) is 121 Å². The third kappa shape index (κ3) is 4.03. The average Bonchev–Trinajstić information content (AvgIpc) is 3.56. The fourth-order valence-corrected chi connectivity index (χ4v) is 4.95. The second-order valence-electron chi connectivity index (χ2n) is 8.15. The maximum Gasteiger partial charge on any atom is 0.178 e. The van der Waals surface area contributed by atoms with Crippen molar-refractivity contribution in [1.82, 2.24) is 14.8 Å². The van der Waals surface area contributed by atoms with Crippen LogP contribution in [-0.4, -0.2) is 14.8 Å². The Bertz CT molecular complexity index is 1570. The predicted octanol–water partition coefficient (Wildman–Crippen LogP) is 7.07. The van der Waals surface area contributed by atoms with Crippen molar-refractivity contribution in [3.8, 4) is 55.8 Å². The smallest absolute Gasteiger partial charge is 0.178 e. The van der Waals surface area contributed by atoms with Crippen LogP contribution in [0.2, 0.25) is 0 Å². The lowest BCUT2D eigenvalue weighted by Crippen LogP contribution is -2.01. The van der Waals surface area contributed by atoms with Crippen LogP contribution in [0.3, 0.4) is 0 Å². The van der Waals surface area contributed by atoms with Gasteiger partial charge in [-0.05, 0) is 39.8 Å². The average molecular weight is 471 g/mol. The molecule has 0 bridgehead atoms. The molecule has 0 fully saturated rings. The van der Waals surface area contributed by atoms with Gasteiger partial charge in [-0.25, -0.2) is 0 Å².